The number of rotatable bonds is 5. The Balaban J connectivity index is 1.80. The maximum absolute atomic E-state index is 5.72. The van der Waals surface area contributed by atoms with E-state index in [4.69, 9.17) is 14.2 Å². The van der Waals surface area contributed by atoms with Gasteiger partial charge in [0.15, 0.2) is 11.5 Å². The van der Waals surface area contributed by atoms with E-state index in [2.05, 4.69) is 52.9 Å². The zero-order chi connectivity index (χ0) is 20.5. The quantitative estimate of drug-likeness (QED) is 0.708. The zero-order valence-electron chi connectivity index (χ0n) is 17.3. The summed E-state index contributed by atoms with van der Waals surface area (Å²) < 4.78 is 18.5. The second-order valence-electron chi connectivity index (χ2n) is 7.16. The molecule has 0 saturated heterocycles. The Kier molecular flexibility index (Phi) is 5.00. The number of hydrogen-bond donors (Lipinski definition) is 1. The van der Waals surface area contributed by atoms with E-state index in [1.807, 2.05) is 12.1 Å². The lowest BCUT2D eigenvalue weighted by Crippen LogP contribution is -2.28. The van der Waals surface area contributed by atoms with E-state index >= 15 is 0 Å². The van der Waals surface area contributed by atoms with Gasteiger partial charge in [0.2, 0.25) is 11.7 Å². The van der Waals surface area contributed by atoms with Crippen molar-refractivity contribution in [2.45, 2.75) is 32.4 Å². The van der Waals surface area contributed by atoms with Crippen molar-refractivity contribution in [2.75, 3.05) is 26.6 Å². The molecule has 0 aliphatic carbocycles. The predicted octanol–water partition coefficient (Wildman–Crippen LogP) is 3.46. The number of nitrogens with one attached hydrogen (secondary N) is 1. The summed E-state index contributed by atoms with van der Waals surface area (Å²) in [7, 11) is 4.84. The Bertz CT molecular complexity index is 1030. The molecule has 2 atom stereocenters. The Hall–Kier alpha value is -3.29. The fourth-order valence-corrected chi connectivity index (χ4v) is 3.88. The molecule has 0 spiro atoms. The summed E-state index contributed by atoms with van der Waals surface area (Å²) in [5.41, 5.74) is 4.67. The summed E-state index contributed by atoms with van der Waals surface area (Å²) in [4.78, 5) is 0. The SMILES string of the molecule is COc1ccc([C@@H]2C[C@H](c3ccc(C)c(C)c3)Nc3nnnn32)c(OC)c1OC. The lowest BCUT2D eigenvalue weighted by atomic mass is 9.91. The number of ether oxygens (including phenoxy) is 3. The zero-order valence-corrected chi connectivity index (χ0v) is 17.3. The number of anilines is 1. The number of methoxy groups -OCH3 is 3. The minimum Gasteiger partial charge on any atom is -0.493 e. The fourth-order valence-electron chi connectivity index (χ4n) is 3.88. The average molecular weight is 395 g/mol. The molecule has 0 saturated carbocycles. The Morgan fingerprint density at radius 1 is 0.966 bits per heavy atom. The van der Waals surface area contributed by atoms with Crippen LogP contribution in [0.4, 0.5) is 5.95 Å². The third-order valence-corrected chi connectivity index (χ3v) is 5.58. The topological polar surface area (TPSA) is 83.3 Å². The number of tetrazole rings is 1. The molecule has 0 amide bonds. The van der Waals surface area contributed by atoms with Crippen LogP contribution in [0.1, 0.15) is 40.8 Å². The third-order valence-electron chi connectivity index (χ3n) is 5.58. The van der Waals surface area contributed by atoms with E-state index in [1.165, 1.54) is 16.7 Å². The number of nitrogens with zero attached hydrogens (tertiary/aromatic N) is 4. The average Bonchev–Trinajstić information content (AvgIpc) is 3.22. The van der Waals surface area contributed by atoms with Gasteiger partial charge < -0.3 is 19.5 Å². The van der Waals surface area contributed by atoms with Crippen LogP contribution in [0.5, 0.6) is 17.2 Å². The monoisotopic (exact) mass is 395 g/mol. The summed E-state index contributed by atoms with van der Waals surface area (Å²) in [5.74, 6) is 2.42. The Morgan fingerprint density at radius 3 is 2.45 bits per heavy atom. The van der Waals surface area contributed by atoms with Crippen LogP contribution in [0.2, 0.25) is 0 Å². The molecule has 3 aromatic rings. The first-order valence-corrected chi connectivity index (χ1v) is 9.47. The highest BCUT2D eigenvalue weighted by molar-refractivity contribution is 5.57. The third kappa shape index (κ3) is 3.24. The number of aryl methyl sites for hydroxylation is 2. The van der Waals surface area contributed by atoms with Gasteiger partial charge in [-0.25, -0.2) is 4.68 Å². The van der Waals surface area contributed by atoms with Gasteiger partial charge in [-0.1, -0.05) is 23.3 Å². The van der Waals surface area contributed by atoms with Crippen LogP contribution in [0.15, 0.2) is 30.3 Å². The summed E-state index contributed by atoms with van der Waals surface area (Å²) >= 11 is 0. The first-order valence-electron chi connectivity index (χ1n) is 9.47. The number of aromatic nitrogens is 4. The normalized spacial score (nSPS) is 18.0. The second-order valence-corrected chi connectivity index (χ2v) is 7.16. The molecule has 8 heteroatoms. The molecule has 4 rings (SSSR count). The van der Waals surface area contributed by atoms with Crippen LogP contribution in [0, 0.1) is 13.8 Å². The lowest BCUT2D eigenvalue weighted by Gasteiger charge is -2.32. The molecule has 0 bridgehead atoms. The first-order chi connectivity index (χ1) is 14.1. The summed E-state index contributed by atoms with van der Waals surface area (Å²) in [6, 6.07) is 10.3. The van der Waals surface area contributed by atoms with E-state index in [0.717, 1.165) is 12.0 Å². The predicted molar refractivity (Wildman–Crippen MR) is 109 cm³/mol. The molecule has 2 heterocycles. The van der Waals surface area contributed by atoms with E-state index in [0.29, 0.717) is 23.2 Å². The Morgan fingerprint density at radius 2 is 1.76 bits per heavy atom. The maximum atomic E-state index is 5.72. The summed E-state index contributed by atoms with van der Waals surface area (Å²) in [6.07, 6.45) is 0.756. The van der Waals surface area contributed by atoms with E-state index in [1.54, 1.807) is 26.0 Å². The number of fused-ring (bicyclic) bond motifs is 1. The molecule has 8 nitrogen and oxygen atoms in total. The van der Waals surface area contributed by atoms with Crippen LogP contribution < -0.4 is 19.5 Å². The largest absolute Gasteiger partial charge is 0.493 e. The molecular weight excluding hydrogens is 370 g/mol. The highest BCUT2D eigenvalue weighted by atomic mass is 16.5. The van der Waals surface area contributed by atoms with Crippen molar-refractivity contribution < 1.29 is 14.2 Å². The fraction of sp³-hybridized carbons (Fsp3) is 0.381. The highest BCUT2D eigenvalue weighted by Gasteiger charge is 2.34. The van der Waals surface area contributed by atoms with Crippen LogP contribution in [0.3, 0.4) is 0 Å². The molecule has 2 aromatic carbocycles. The van der Waals surface area contributed by atoms with E-state index < -0.39 is 0 Å². The van der Waals surface area contributed by atoms with Gasteiger partial charge in [0.1, 0.15) is 0 Å². The van der Waals surface area contributed by atoms with Crippen LogP contribution in [-0.4, -0.2) is 41.5 Å². The van der Waals surface area contributed by atoms with Crippen molar-refractivity contribution in [2.24, 2.45) is 0 Å². The molecule has 1 aliphatic rings. The van der Waals surface area contributed by atoms with Gasteiger partial charge in [0.05, 0.1) is 33.4 Å². The molecule has 29 heavy (non-hydrogen) atoms. The summed E-state index contributed by atoms with van der Waals surface area (Å²) in [5, 5.41) is 15.7. The maximum Gasteiger partial charge on any atom is 0.243 e. The molecule has 152 valence electrons. The minimum atomic E-state index is -0.123. The van der Waals surface area contributed by atoms with E-state index in [-0.39, 0.29) is 12.1 Å². The van der Waals surface area contributed by atoms with E-state index in [9.17, 15) is 0 Å². The molecule has 0 unspecified atom stereocenters. The summed E-state index contributed by atoms with van der Waals surface area (Å²) in [6.45, 7) is 4.24. The standard InChI is InChI=1S/C21H25N5O3/c1-12-6-7-14(10-13(12)2)16-11-17(26-21(22-16)23-24-25-26)15-8-9-18(27-3)20(29-5)19(15)28-4/h6-10,16-17H,11H2,1-5H3,(H,22,23,25)/t16-,17+/m1/s1. The van der Waals surface area contributed by atoms with Crippen LogP contribution >= 0.6 is 0 Å². The van der Waals surface area contributed by atoms with Gasteiger partial charge in [-0.2, -0.15) is 0 Å². The van der Waals surface area contributed by atoms with Crippen LogP contribution in [-0.2, 0) is 0 Å². The molecular formula is C21H25N5O3. The first kappa shape index (κ1) is 19.0. The van der Waals surface area contributed by atoms with Crippen molar-refractivity contribution in [3.05, 3.63) is 52.6 Å². The minimum absolute atomic E-state index is 0.0654. The molecule has 1 aliphatic heterocycles. The van der Waals surface area contributed by atoms with Gasteiger partial charge in [0, 0.05) is 5.56 Å². The smallest absolute Gasteiger partial charge is 0.243 e. The van der Waals surface area contributed by atoms with Gasteiger partial charge in [-0.3, -0.25) is 0 Å². The van der Waals surface area contributed by atoms with Crippen molar-refractivity contribution in [1.82, 2.24) is 20.2 Å². The lowest BCUT2D eigenvalue weighted by molar-refractivity contribution is 0.315. The molecule has 0 fully saturated rings. The number of benzene rings is 2. The van der Waals surface area contributed by atoms with Crippen molar-refractivity contribution >= 4 is 5.95 Å². The Labute approximate surface area is 169 Å². The molecule has 1 N–H and O–H groups in total. The highest BCUT2D eigenvalue weighted by Crippen LogP contribution is 2.46. The van der Waals surface area contributed by atoms with Crippen LogP contribution in [0.25, 0.3) is 0 Å². The molecule has 0 radical (unpaired) electrons. The van der Waals surface area contributed by atoms with Crippen molar-refractivity contribution in [1.29, 1.82) is 0 Å². The van der Waals surface area contributed by atoms with Gasteiger partial charge in [-0.05, 0) is 59.5 Å². The second kappa shape index (κ2) is 7.62. The van der Waals surface area contributed by atoms with Gasteiger partial charge in [0.25, 0.3) is 0 Å². The number of hydrogen-bond acceptors (Lipinski definition) is 7. The molecule has 1 aromatic heterocycles. The van der Waals surface area contributed by atoms with Crippen molar-refractivity contribution in [3.63, 3.8) is 0 Å². The van der Waals surface area contributed by atoms with Gasteiger partial charge >= 0.3 is 0 Å². The van der Waals surface area contributed by atoms with Gasteiger partial charge in [-0.15, -0.1) is 0 Å². The van der Waals surface area contributed by atoms with Crippen molar-refractivity contribution in [3.8, 4) is 17.2 Å².